The minimum atomic E-state index is -0.898. The van der Waals surface area contributed by atoms with E-state index in [-0.39, 0.29) is 12.5 Å². The van der Waals surface area contributed by atoms with Crippen molar-refractivity contribution in [2.75, 3.05) is 26.9 Å². The summed E-state index contributed by atoms with van der Waals surface area (Å²) in [4.78, 5) is 32.8. The summed E-state index contributed by atoms with van der Waals surface area (Å²) in [6.45, 7) is 5.06. The first kappa shape index (κ1) is 31.7. The van der Waals surface area contributed by atoms with E-state index in [0.29, 0.717) is 35.1 Å². The predicted octanol–water partition coefficient (Wildman–Crippen LogP) is 5.17. The van der Waals surface area contributed by atoms with Crippen molar-refractivity contribution in [3.63, 3.8) is 0 Å². The van der Waals surface area contributed by atoms with Crippen LogP contribution in [-0.4, -0.2) is 59.4 Å². The van der Waals surface area contributed by atoms with Gasteiger partial charge in [0.25, 0.3) is 5.91 Å². The van der Waals surface area contributed by atoms with E-state index in [9.17, 15) is 14.9 Å². The van der Waals surface area contributed by atoms with Crippen LogP contribution in [0.5, 0.6) is 5.75 Å². The summed E-state index contributed by atoms with van der Waals surface area (Å²) in [5.74, 6) is 0.568. The van der Waals surface area contributed by atoms with Gasteiger partial charge in [0.1, 0.15) is 17.6 Å². The number of halogens is 1. The number of nitriles is 1. The molecule has 0 fully saturated rings. The average molecular weight is 627 g/mol. The Labute approximate surface area is 269 Å². The van der Waals surface area contributed by atoms with E-state index in [0.717, 1.165) is 55.0 Å². The molecular formula is C35H39ClN6O3. The number of unbranched alkanes of at least 4 members (excludes halogenated alkanes) is 1. The summed E-state index contributed by atoms with van der Waals surface area (Å²) in [5.41, 5.74) is 9.57. The molecule has 2 aliphatic heterocycles. The summed E-state index contributed by atoms with van der Waals surface area (Å²) < 4.78 is 6.12. The number of nitrogens with two attached hydrogens (primary N) is 1. The largest absolute Gasteiger partial charge is 0.492 e. The Morgan fingerprint density at radius 2 is 1.87 bits per heavy atom. The molecule has 2 atom stereocenters. The molecule has 2 amide bonds. The third kappa shape index (κ3) is 7.52. The second-order valence-corrected chi connectivity index (χ2v) is 12.0. The van der Waals surface area contributed by atoms with Crippen molar-refractivity contribution in [1.29, 1.82) is 5.26 Å². The fourth-order valence-electron chi connectivity index (χ4n) is 5.89. The maximum Gasteiger partial charge on any atom is 0.255 e. The van der Waals surface area contributed by atoms with Crippen LogP contribution in [0, 0.1) is 11.3 Å². The number of benzene rings is 3. The van der Waals surface area contributed by atoms with Crippen LogP contribution in [0.15, 0.2) is 78.8 Å². The molecule has 0 unspecified atom stereocenters. The molecule has 5 rings (SSSR count). The number of hydrogen-bond acceptors (Lipinski definition) is 7. The van der Waals surface area contributed by atoms with Crippen molar-refractivity contribution < 1.29 is 14.3 Å². The standard InChI is InChI=1S/C35H39ClN6O3/c1-3-4-17-41-22-32(42(23-41)21-26-10-8-25(20-37)9-11-26)40(2)31-16-18-45-33-28(31)6-5-7-29(33)35(44)39-30(34(38)43)19-24-12-14-27(36)15-13-24/h5-15,22,30-31H,3-4,16-19,21,23H2,1-2H3,(H2,38,43)(H,39,44)/t30-,31-/m0/s1. The van der Waals surface area contributed by atoms with Crippen LogP contribution in [0.1, 0.15) is 64.8 Å². The molecule has 3 aromatic carbocycles. The van der Waals surface area contributed by atoms with Crippen LogP contribution in [0.4, 0.5) is 0 Å². The molecule has 0 aliphatic carbocycles. The Balaban J connectivity index is 1.37. The summed E-state index contributed by atoms with van der Waals surface area (Å²) in [7, 11) is 2.09. The van der Waals surface area contributed by atoms with E-state index in [1.165, 1.54) is 0 Å². The van der Waals surface area contributed by atoms with E-state index in [4.69, 9.17) is 22.1 Å². The zero-order valence-electron chi connectivity index (χ0n) is 25.7. The Morgan fingerprint density at radius 3 is 2.56 bits per heavy atom. The van der Waals surface area contributed by atoms with Gasteiger partial charge in [0.2, 0.25) is 5.91 Å². The number of fused-ring (bicyclic) bond motifs is 1. The van der Waals surface area contributed by atoms with E-state index in [1.807, 2.05) is 48.5 Å². The molecule has 0 saturated heterocycles. The zero-order chi connectivity index (χ0) is 31.9. The van der Waals surface area contributed by atoms with E-state index < -0.39 is 17.9 Å². The Hall–Kier alpha value is -4.68. The quantitative estimate of drug-likeness (QED) is 0.285. The minimum absolute atomic E-state index is 0.0386. The molecule has 234 valence electrons. The fraction of sp³-hybridized carbons (Fsp3) is 0.343. The molecule has 3 aromatic rings. The summed E-state index contributed by atoms with van der Waals surface area (Å²) in [6.07, 6.45) is 5.42. The molecular weight excluding hydrogens is 588 g/mol. The van der Waals surface area contributed by atoms with Crippen LogP contribution in [-0.2, 0) is 17.8 Å². The number of para-hydroxylation sites is 1. The lowest BCUT2D eigenvalue weighted by Crippen LogP contribution is -2.46. The van der Waals surface area contributed by atoms with Gasteiger partial charge in [-0.15, -0.1) is 0 Å². The highest BCUT2D eigenvalue weighted by Crippen LogP contribution is 2.40. The number of ether oxygens (including phenoxy) is 1. The van der Waals surface area contributed by atoms with Gasteiger partial charge in [-0.25, -0.2) is 0 Å². The lowest BCUT2D eigenvalue weighted by molar-refractivity contribution is -0.119. The predicted molar refractivity (Wildman–Crippen MR) is 174 cm³/mol. The van der Waals surface area contributed by atoms with Gasteiger partial charge in [0, 0.05) is 49.8 Å². The normalized spacial score (nSPS) is 16.2. The van der Waals surface area contributed by atoms with Crippen molar-refractivity contribution in [2.24, 2.45) is 5.73 Å². The van der Waals surface area contributed by atoms with Crippen molar-refractivity contribution in [1.82, 2.24) is 20.0 Å². The van der Waals surface area contributed by atoms with Gasteiger partial charge in [-0.1, -0.05) is 61.3 Å². The lowest BCUT2D eigenvalue weighted by atomic mass is 9.95. The van der Waals surface area contributed by atoms with Gasteiger partial charge in [-0.3, -0.25) is 9.59 Å². The fourth-order valence-corrected chi connectivity index (χ4v) is 6.01. The summed E-state index contributed by atoms with van der Waals surface area (Å²) in [5, 5.41) is 12.6. The minimum Gasteiger partial charge on any atom is -0.492 e. The van der Waals surface area contributed by atoms with Gasteiger partial charge < -0.3 is 30.5 Å². The smallest absolute Gasteiger partial charge is 0.255 e. The van der Waals surface area contributed by atoms with Gasteiger partial charge >= 0.3 is 0 Å². The van der Waals surface area contributed by atoms with Crippen molar-refractivity contribution in [2.45, 2.75) is 51.2 Å². The third-order valence-corrected chi connectivity index (χ3v) is 8.60. The Morgan fingerprint density at radius 1 is 1.13 bits per heavy atom. The lowest BCUT2D eigenvalue weighted by Gasteiger charge is -2.38. The van der Waals surface area contributed by atoms with E-state index in [2.05, 4.69) is 46.3 Å². The third-order valence-electron chi connectivity index (χ3n) is 8.35. The first-order valence-electron chi connectivity index (χ1n) is 15.3. The number of primary amides is 1. The number of amides is 2. The maximum absolute atomic E-state index is 13.6. The highest BCUT2D eigenvalue weighted by molar-refractivity contribution is 6.30. The monoisotopic (exact) mass is 626 g/mol. The highest BCUT2D eigenvalue weighted by atomic mass is 35.5. The first-order valence-corrected chi connectivity index (χ1v) is 15.7. The van der Waals surface area contributed by atoms with Crippen molar-refractivity contribution >= 4 is 23.4 Å². The molecule has 3 N–H and O–H groups in total. The molecule has 0 saturated carbocycles. The summed E-state index contributed by atoms with van der Waals surface area (Å²) >= 11 is 6.00. The molecule has 0 radical (unpaired) electrons. The number of rotatable bonds is 12. The van der Waals surface area contributed by atoms with Gasteiger partial charge in [-0.2, -0.15) is 5.26 Å². The van der Waals surface area contributed by atoms with E-state index >= 15 is 0 Å². The average Bonchev–Trinajstić information content (AvgIpc) is 3.46. The van der Waals surface area contributed by atoms with Gasteiger partial charge in [0.05, 0.1) is 36.5 Å². The Kier molecular flexibility index (Phi) is 10.2. The van der Waals surface area contributed by atoms with E-state index in [1.54, 1.807) is 18.2 Å². The molecule has 0 bridgehead atoms. The second kappa shape index (κ2) is 14.4. The van der Waals surface area contributed by atoms with Gasteiger partial charge in [0.15, 0.2) is 0 Å². The van der Waals surface area contributed by atoms with Crippen LogP contribution in [0.2, 0.25) is 5.02 Å². The van der Waals surface area contributed by atoms with Crippen LogP contribution in [0.25, 0.3) is 0 Å². The zero-order valence-corrected chi connectivity index (χ0v) is 26.5. The molecule has 0 aromatic heterocycles. The number of nitrogens with zero attached hydrogens (tertiary/aromatic N) is 4. The SMILES string of the molecule is CCCCN1C=C(N(C)[C@H]2CCOc3c(C(=O)N[C@@H](Cc4ccc(Cl)cc4)C(N)=O)cccc32)N(Cc2ccc(C#N)cc2)C1. The van der Waals surface area contributed by atoms with Crippen LogP contribution < -0.4 is 15.8 Å². The van der Waals surface area contributed by atoms with Crippen LogP contribution >= 0.6 is 11.6 Å². The van der Waals surface area contributed by atoms with Gasteiger partial charge in [-0.05, 0) is 47.9 Å². The second-order valence-electron chi connectivity index (χ2n) is 11.5. The van der Waals surface area contributed by atoms with Crippen molar-refractivity contribution in [3.05, 3.63) is 112 Å². The Bertz CT molecular complexity index is 1580. The first-order chi connectivity index (χ1) is 21.8. The number of nitrogens with one attached hydrogen (secondary N) is 1. The molecule has 10 heteroatoms. The molecule has 2 aliphatic rings. The molecule has 2 heterocycles. The maximum atomic E-state index is 13.6. The van der Waals surface area contributed by atoms with Crippen molar-refractivity contribution in [3.8, 4) is 11.8 Å². The molecule has 0 spiro atoms. The topological polar surface area (TPSA) is 115 Å². The number of carbonyl (C=O) groups is 2. The van der Waals surface area contributed by atoms with Crippen LogP contribution in [0.3, 0.4) is 0 Å². The molecule has 45 heavy (non-hydrogen) atoms. The molecule has 9 nitrogen and oxygen atoms in total. The highest BCUT2D eigenvalue weighted by Gasteiger charge is 2.34. The number of hydrogen-bond donors (Lipinski definition) is 2. The summed E-state index contributed by atoms with van der Waals surface area (Å²) in [6, 6.07) is 21.6. The number of carbonyl (C=O) groups excluding carboxylic acids is 2.